The average Bonchev–Trinajstić information content (AvgIpc) is 2.41. The van der Waals surface area contributed by atoms with Crippen molar-refractivity contribution in [3.05, 3.63) is 64.1 Å². The fraction of sp³-hybridized carbons (Fsp3) is 0.200. The van der Waals surface area contributed by atoms with Crippen LogP contribution in [-0.2, 0) is 17.5 Å². The summed E-state index contributed by atoms with van der Waals surface area (Å²) in [7, 11) is 0. The third-order valence-electron chi connectivity index (χ3n) is 2.94. The van der Waals surface area contributed by atoms with Crippen LogP contribution in [0.4, 0.5) is 18.9 Å². The van der Waals surface area contributed by atoms with Gasteiger partial charge in [0.15, 0.2) is 0 Å². The molecule has 0 atom stereocenters. The number of nitrogens with zero attached hydrogens (tertiary/aromatic N) is 1. The quantitative estimate of drug-likeness (QED) is 0.948. The molecule has 0 saturated carbocycles. The zero-order valence-corrected chi connectivity index (χ0v) is 11.6. The number of amides is 1. The van der Waals surface area contributed by atoms with E-state index in [-0.39, 0.29) is 17.8 Å². The molecule has 2 aromatic rings. The predicted octanol–water partition coefficient (Wildman–Crippen LogP) is 2.81. The van der Waals surface area contributed by atoms with E-state index in [0.29, 0.717) is 0 Å². The van der Waals surface area contributed by atoms with E-state index in [2.05, 4.69) is 5.32 Å². The van der Waals surface area contributed by atoms with Gasteiger partial charge in [0.25, 0.3) is 5.56 Å². The summed E-state index contributed by atoms with van der Waals surface area (Å²) in [6.07, 6.45) is -3.02. The maximum Gasteiger partial charge on any atom is 0.416 e. The van der Waals surface area contributed by atoms with Gasteiger partial charge in [-0.2, -0.15) is 13.2 Å². The Bertz CT molecular complexity index is 751. The molecular formula is C15H13F3N2O2. The molecule has 7 heteroatoms. The van der Waals surface area contributed by atoms with Gasteiger partial charge in [-0.3, -0.25) is 9.59 Å². The minimum atomic E-state index is -4.48. The number of pyridine rings is 1. The molecule has 0 bridgehead atoms. The highest BCUT2D eigenvalue weighted by Crippen LogP contribution is 2.30. The first-order valence-electron chi connectivity index (χ1n) is 6.40. The molecule has 0 aliphatic heterocycles. The van der Waals surface area contributed by atoms with E-state index >= 15 is 0 Å². The Balaban J connectivity index is 2.11. The highest BCUT2D eigenvalue weighted by atomic mass is 19.4. The first-order chi connectivity index (χ1) is 10.3. The number of alkyl halides is 3. The number of nitrogens with one attached hydrogen (secondary N) is 1. The van der Waals surface area contributed by atoms with E-state index in [1.807, 2.05) is 0 Å². The Morgan fingerprint density at radius 1 is 1.23 bits per heavy atom. The molecule has 0 fully saturated rings. The molecule has 0 saturated heterocycles. The summed E-state index contributed by atoms with van der Waals surface area (Å²) >= 11 is 0. The molecule has 1 amide bonds. The van der Waals surface area contributed by atoms with Crippen LogP contribution < -0.4 is 10.9 Å². The first-order valence-corrected chi connectivity index (χ1v) is 6.40. The van der Waals surface area contributed by atoms with Crippen LogP contribution in [0.5, 0.6) is 0 Å². The number of hydrogen-bond acceptors (Lipinski definition) is 2. The Kier molecular flexibility index (Phi) is 4.35. The van der Waals surface area contributed by atoms with Crippen LogP contribution in [-0.4, -0.2) is 10.5 Å². The van der Waals surface area contributed by atoms with Crippen LogP contribution >= 0.6 is 0 Å². The summed E-state index contributed by atoms with van der Waals surface area (Å²) in [5.74, 6) is -0.578. The lowest BCUT2D eigenvalue weighted by atomic mass is 10.2. The van der Waals surface area contributed by atoms with Crippen molar-refractivity contribution in [1.29, 1.82) is 0 Å². The van der Waals surface area contributed by atoms with E-state index < -0.39 is 17.6 Å². The standard InChI is InChI=1S/C15H13F3N2O2/c1-10-5-6-20(14(22)7-10)9-13(21)19-12-4-2-3-11(8-12)15(16,17)18/h2-8H,9H2,1H3,(H,19,21). The molecule has 1 aromatic carbocycles. The van der Waals surface area contributed by atoms with Crippen molar-refractivity contribution in [2.45, 2.75) is 19.6 Å². The zero-order valence-electron chi connectivity index (χ0n) is 11.6. The smallest absolute Gasteiger partial charge is 0.325 e. The van der Waals surface area contributed by atoms with Gasteiger partial charge >= 0.3 is 6.18 Å². The molecular weight excluding hydrogens is 297 g/mol. The summed E-state index contributed by atoms with van der Waals surface area (Å²) in [6, 6.07) is 7.36. The molecule has 22 heavy (non-hydrogen) atoms. The number of carbonyl (C=O) groups excluding carboxylic acids is 1. The normalized spacial score (nSPS) is 11.3. The highest BCUT2D eigenvalue weighted by molar-refractivity contribution is 5.90. The molecule has 1 N–H and O–H groups in total. The summed E-state index contributed by atoms with van der Waals surface area (Å²) in [6.45, 7) is 1.48. The first kappa shape index (κ1) is 15.8. The molecule has 0 radical (unpaired) electrons. The molecule has 0 aliphatic rings. The number of hydrogen-bond donors (Lipinski definition) is 1. The van der Waals surface area contributed by atoms with Crippen LogP contribution in [0.3, 0.4) is 0 Å². The summed E-state index contributed by atoms with van der Waals surface area (Å²) in [4.78, 5) is 23.5. The van der Waals surface area contributed by atoms with Gasteiger partial charge in [0.2, 0.25) is 5.91 Å². The number of aryl methyl sites for hydroxylation is 1. The maximum atomic E-state index is 12.6. The fourth-order valence-electron chi connectivity index (χ4n) is 1.87. The van der Waals surface area contributed by atoms with Crippen molar-refractivity contribution in [2.75, 3.05) is 5.32 Å². The van der Waals surface area contributed by atoms with Crippen molar-refractivity contribution in [3.63, 3.8) is 0 Å². The molecule has 1 heterocycles. The van der Waals surface area contributed by atoms with Crippen LogP contribution in [0.15, 0.2) is 47.4 Å². The van der Waals surface area contributed by atoms with Crippen molar-refractivity contribution in [2.24, 2.45) is 0 Å². The Morgan fingerprint density at radius 2 is 1.95 bits per heavy atom. The van der Waals surface area contributed by atoms with Crippen molar-refractivity contribution in [3.8, 4) is 0 Å². The Morgan fingerprint density at radius 3 is 2.59 bits per heavy atom. The van der Waals surface area contributed by atoms with Crippen LogP contribution in [0, 0.1) is 6.92 Å². The Hall–Kier alpha value is -2.57. The Labute approximate surface area is 124 Å². The van der Waals surface area contributed by atoms with Gasteiger partial charge in [-0.05, 0) is 36.8 Å². The zero-order chi connectivity index (χ0) is 16.3. The SMILES string of the molecule is Cc1ccn(CC(=O)Nc2cccc(C(F)(F)F)c2)c(=O)c1. The van der Waals surface area contributed by atoms with Crippen molar-refractivity contribution < 1.29 is 18.0 Å². The molecule has 1 aromatic heterocycles. The third-order valence-corrected chi connectivity index (χ3v) is 2.94. The lowest BCUT2D eigenvalue weighted by molar-refractivity contribution is -0.137. The molecule has 116 valence electrons. The van der Waals surface area contributed by atoms with E-state index in [9.17, 15) is 22.8 Å². The summed E-state index contributed by atoms with van der Waals surface area (Å²) in [5.41, 5.74) is -0.406. The number of anilines is 1. The number of rotatable bonds is 3. The molecule has 0 spiro atoms. The lowest BCUT2D eigenvalue weighted by Gasteiger charge is -2.10. The maximum absolute atomic E-state index is 12.6. The van der Waals surface area contributed by atoms with Gasteiger partial charge in [0.05, 0.1) is 5.56 Å². The van der Waals surface area contributed by atoms with E-state index in [4.69, 9.17) is 0 Å². The van der Waals surface area contributed by atoms with Crippen LogP contribution in [0.1, 0.15) is 11.1 Å². The molecule has 0 aliphatic carbocycles. The van der Waals surface area contributed by atoms with Gasteiger partial charge in [-0.25, -0.2) is 0 Å². The second-order valence-corrected chi connectivity index (χ2v) is 4.80. The minimum Gasteiger partial charge on any atom is -0.325 e. The van der Waals surface area contributed by atoms with Gasteiger partial charge in [-0.15, -0.1) is 0 Å². The van der Waals surface area contributed by atoms with Gasteiger partial charge < -0.3 is 9.88 Å². The third kappa shape index (κ3) is 3.97. The molecule has 4 nitrogen and oxygen atoms in total. The minimum absolute atomic E-state index is 0.0278. The second-order valence-electron chi connectivity index (χ2n) is 4.80. The van der Waals surface area contributed by atoms with Gasteiger partial charge in [0.1, 0.15) is 6.54 Å². The predicted molar refractivity (Wildman–Crippen MR) is 75.5 cm³/mol. The lowest BCUT2D eigenvalue weighted by Crippen LogP contribution is -2.27. The number of carbonyl (C=O) groups is 1. The van der Waals surface area contributed by atoms with E-state index in [1.165, 1.54) is 29.0 Å². The summed E-state index contributed by atoms with van der Waals surface area (Å²) in [5, 5.41) is 2.35. The number of benzene rings is 1. The number of halogens is 3. The number of aromatic nitrogens is 1. The highest BCUT2D eigenvalue weighted by Gasteiger charge is 2.30. The van der Waals surface area contributed by atoms with Crippen molar-refractivity contribution in [1.82, 2.24) is 4.57 Å². The van der Waals surface area contributed by atoms with Gasteiger partial charge in [-0.1, -0.05) is 6.07 Å². The molecule has 2 rings (SSSR count). The second kappa shape index (κ2) is 6.05. The van der Waals surface area contributed by atoms with E-state index in [0.717, 1.165) is 17.7 Å². The summed E-state index contributed by atoms with van der Waals surface area (Å²) < 4.78 is 38.9. The largest absolute Gasteiger partial charge is 0.416 e. The fourth-order valence-corrected chi connectivity index (χ4v) is 1.87. The monoisotopic (exact) mass is 310 g/mol. The van der Waals surface area contributed by atoms with Crippen LogP contribution in [0.25, 0.3) is 0 Å². The average molecular weight is 310 g/mol. The van der Waals surface area contributed by atoms with E-state index in [1.54, 1.807) is 13.0 Å². The van der Waals surface area contributed by atoms with Crippen molar-refractivity contribution >= 4 is 11.6 Å². The topological polar surface area (TPSA) is 51.1 Å². The van der Waals surface area contributed by atoms with Crippen LogP contribution in [0.2, 0.25) is 0 Å². The van der Waals surface area contributed by atoms with Gasteiger partial charge in [0, 0.05) is 18.0 Å². The molecule has 0 unspecified atom stereocenters.